The average Bonchev–Trinajstić information content (AvgIpc) is 2.54. The van der Waals surface area contributed by atoms with Gasteiger partial charge >= 0.3 is 5.97 Å². The molecule has 0 saturated carbocycles. The Kier molecular flexibility index (Phi) is 5.36. The summed E-state index contributed by atoms with van der Waals surface area (Å²) in [6.45, 7) is 4.60. The summed E-state index contributed by atoms with van der Waals surface area (Å²) in [6.07, 6.45) is 2.85. The lowest BCUT2D eigenvalue weighted by atomic mass is 10.0. The van der Waals surface area contributed by atoms with Crippen molar-refractivity contribution in [3.8, 4) is 5.75 Å². The number of benzene rings is 1. The Hall–Kier alpha value is -1.85. The SMILES string of the molecule is C=C(c1cccc(OC2CCCCO2)c1)C(N)C(=O)OC. The first-order chi connectivity index (χ1) is 10.1. The molecule has 0 amide bonds. The van der Waals surface area contributed by atoms with E-state index < -0.39 is 12.0 Å². The predicted molar refractivity (Wildman–Crippen MR) is 79.7 cm³/mol. The number of methoxy groups -OCH3 is 1. The highest BCUT2D eigenvalue weighted by Crippen LogP contribution is 2.24. The number of hydrogen-bond acceptors (Lipinski definition) is 5. The van der Waals surface area contributed by atoms with Crippen molar-refractivity contribution in [2.24, 2.45) is 5.73 Å². The van der Waals surface area contributed by atoms with Gasteiger partial charge in [-0.15, -0.1) is 0 Å². The lowest BCUT2D eigenvalue weighted by Gasteiger charge is -2.23. The van der Waals surface area contributed by atoms with E-state index in [1.165, 1.54) is 7.11 Å². The third-order valence-corrected chi connectivity index (χ3v) is 3.44. The zero-order valence-corrected chi connectivity index (χ0v) is 12.2. The van der Waals surface area contributed by atoms with E-state index in [4.69, 9.17) is 15.2 Å². The average molecular weight is 291 g/mol. The van der Waals surface area contributed by atoms with Gasteiger partial charge < -0.3 is 19.9 Å². The van der Waals surface area contributed by atoms with Crippen LogP contribution in [-0.2, 0) is 14.3 Å². The van der Waals surface area contributed by atoms with Crippen LogP contribution in [0.3, 0.4) is 0 Å². The van der Waals surface area contributed by atoms with Gasteiger partial charge in [0, 0.05) is 6.42 Å². The van der Waals surface area contributed by atoms with E-state index in [0.717, 1.165) is 31.4 Å². The van der Waals surface area contributed by atoms with Crippen molar-refractivity contribution in [3.05, 3.63) is 36.4 Å². The van der Waals surface area contributed by atoms with Crippen molar-refractivity contribution in [3.63, 3.8) is 0 Å². The fraction of sp³-hybridized carbons (Fsp3) is 0.438. The smallest absolute Gasteiger partial charge is 0.327 e. The van der Waals surface area contributed by atoms with Crippen molar-refractivity contribution in [2.45, 2.75) is 31.6 Å². The Morgan fingerprint density at radius 1 is 1.48 bits per heavy atom. The van der Waals surface area contributed by atoms with Crippen molar-refractivity contribution < 1.29 is 19.0 Å². The van der Waals surface area contributed by atoms with E-state index >= 15 is 0 Å². The van der Waals surface area contributed by atoms with Gasteiger partial charge in [-0.1, -0.05) is 18.7 Å². The normalized spacial score (nSPS) is 19.6. The molecule has 1 saturated heterocycles. The Bertz CT molecular complexity index is 509. The number of esters is 1. The molecule has 1 heterocycles. The summed E-state index contributed by atoms with van der Waals surface area (Å²) in [7, 11) is 1.30. The molecule has 2 rings (SSSR count). The third-order valence-electron chi connectivity index (χ3n) is 3.44. The van der Waals surface area contributed by atoms with Crippen LogP contribution in [-0.4, -0.2) is 32.0 Å². The van der Waals surface area contributed by atoms with Gasteiger partial charge in [0.1, 0.15) is 11.8 Å². The molecule has 2 unspecified atom stereocenters. The Balaban J connectivity index is 2.06. The minimum Gasteiger partial charge on any atom is -0.468 e. The van der Waals surface area contributed by atoms with E-state index in [9.17, 15) is 4.79 Å². The number of carbonyl (C=O) groups excluding carboxylic acids is 1. The van der Waals surface area contributed by atoms with Crippen LogP contribution >= 0.6 is 0 Å². The van der Waals surface area contributed by atoms with Gasteiger partial charge in [-0.3, -0.25) is 4.79 Å². The van der Waals surface area contributed by atoms with E-state index in [2.05, 4.69) is 11.3 Å². The van der Waals surface area contributed by atoms with E-state index in [-0.39, 0.29) is 6.29 Å². The van der Waals surface area contributed by atoms with Crippen molar-refractivity contribution in [1.82, 2.24) is 0 Å². The number of nitrogens with two attached hydrogens (primary N) is 1. The Labute approximate surface area is 124 Å². The fourth-order valence-electron chi connectivity index (χ4n) is 2.17. The molecule has 0 radical (unpaired) electrons. The van der Waals surface area contributed by atoms with Crippen LogP contribution in [0.4, 0.5) is 0 Å². The molecule has 2 atom stereocenters. The zero-order valence-electron chi connectivity index (χ0n) is 12.2. The van der Waals surface area contributed by atoms with Crippen LogP contribution < -0.4 is 10.5 Å². The van der Waals surface area contributed by atoms with Gasteiger partial charge in [0.05, 0.1) is 13.7 Å². The van der Waals surface area contributed by atoms with Gasteiger partial charge in [0.2, 0.25) is 0 Å². The van der Waals surface area contributed by atoms with E-state index in [1.807, 2.05) is 24.3 Å². The lowest BCUT2D eigenvalue weighted by Crippen LogP contribution is -2.32. The first-order valence-electron chi connectivity index (χ1n) is 7.02. The highest BCUT2D eigenvalue weighted by atomic mass is 16.7. The van der Waals surface area contributed by atoms with Crippen LogP contribution in [0.15, 0.2) is 30.8 Å². The van der Waals surface area contributed by atoms with Crippen LogP contribution in [0.5, 0.6) is 5.75 Å². The van der Waals surface area contributed by atoms with E-state index in [1.54, 1.807) is 0 Å². The molecule has 5 nitrogen and oxygen atoms in total. The highest BCUT2D eigenvalue weighted by Gasteiger charge is 2.20. The summed E-state index contributed by atoms with van der Waals surface area (Å²) < 4.78 is 16.0. The molecule has 0 aromatic heterocycles. The second-order valence-electron chi connectivity index (χ2n) is 4.97. The first-order valence-corrected chi connectivity index (χ1v) is 7.02. The maximum atomic E-state index is 11.5. The van der Waals surface area contributed by atoms with E-state index in [0.29, 0.717) is 11.3 Å². The lowest BCUT2D eigenvalue weighted by molar-refractivity contribution is -0.140. The molecule has 114 valence electrons. The van der Waals surface area contributed by atoms with Gasteiger partial charge in [-0.2, -0.15) is 0 Å². The van der Waals surface area contributed by atoms with Crippen molar-refractivity contribution >= 4 is 11.5 Å². The molecule has 0 aliphatic carbocycles. The molecule has 5 heteroatoms. The molecule has 0 spiro atoms. The second kappa shape index (κ2) is 7.24. The standard InChI is InChI=1S/C16H21NO4/c1-11(15(17)16(18)19-2)12-6-5-7-13(10-12)21-14-8-3-4-9-20-14/h5-7,10,14-15H,1,3-4,8-9,17H2,2H3. The summed E-state index contributed by atoms with van der Waals surface area (Å²) >= 11 is 0. The maximum Gasteiger partial charge on any atom is 0.327 e. The second-order valence-corrected chi connectivity index (χ2v) is 4.97. The Morgan fingerprint density at radius 3 is 2.95 bits per heavy atom. The first kappa shape index (κ1) is 15.5. The van der Waals surface area contributed by atoms with Crippen LogP contribution in [0.1, 0.15) is 24.8 Å². The predicted octanol–water partition coefficient (Wildman–Crippen LogP) is 2.11. The van der Waals surface area contributed by atoms with Crippen LogP contribution in [0.25, 0.3) is 5.57 Å². The van der Waals surface area contributed by atoms with Crippen LogP contribution in [0, 0.1) is 0 Å². The van der Waals surface area contributed by atoms with Crippen molar-refractivity contribution in [1.29, 1.82) is 0 Å². The minimum atomic E-state index is -0.879. The van der Waals surface area contributed by atoms with Gasteiger partial charge in [-0.25, -0.2) is 0 Å². The summed E-state index contributed by atoms with van der Waals surface area (Å²) in [5.74, 6) is 0.166. The maximum absolute atomic E-state index is 11.5. The number of carbonyl (C=O) groups is 1. The summed E-state index contributed by atoms with van der Waals surface area (Å²) in [6, 6.07) is 6.44. The molecule has 21 heavy (non-hydrogen) atoms. The number of hydrogen-bond donors (Lipinski definition) is 1. The largest absolute Gasteiger partial charge is 0.468 e. The van der Waals surface area contributed by atoms with Crippen LogP contribution in [0.2, 0.25) is 0 Å². The zero-order chi connectivity index (χ0) is 15.2. The minimum absolute atomic E-state index is 0.212. The molecule has 2 N–H and O–H groups in total. The fourth-order valence-corrected chi connectivity index (χ4v) is 2.17. The highest BCUT2D eigenvalue weighted by molar-refractivity contribution is 5.91. The topological polar surface area (TPSA) is 70.8 Å². The summed E-state index contributed by atoms with van der Waals surface area (Å²) in [5.41, 5.74) is 7.05. The molecule has 1 aliphatic rings. The third kappa shape index (κ3) is 4.06. The van der Waals surface area contributed by atoms with Gasteiger partial charge in [-0.05, 0) is 36.1 Å². The molecule has 0 bridgehead atoms. The van der Waals surface area contributed by atoms with Crippen molar-refractivity contribution in [2.75, 3.05) is 13.7 Å². The monoisotopic (exact) mass is 291 g/mol. The van der Waals surface area contributed by atoms with Gasteiger partial charge in [0.15, 0.2) is 6.29 Å². The molecule has 1 aliphatic heterocycles. The summed E-state index contributed by atoms with van der Waals surface area (Å²) in [4.78, 5) is 11.5. The number of rotatable bonds is 5. The molecular weight excluding hydrogens is 270 g/mol. The summed E-state index contributed by atoms with van der Waals surface area (Å²) in [5, 5.41) is 0. The quantitative estimate of drug-likeness (QED) is 0.841. The molecular formula is C16H21NO4. The molecule has 1 fully saturated rings. The molecule has 1 aromatic rings. The van der Waals surface area contributed by atoms with Gasteiger partial charge in [0.25, 0.3) is 0 Å². The Morgan fingerprint density at radius 2 is 2.29 bits per heavy atom. The molecule has 1 aromatic carbocycles. The number of ether oxygens (including phenoxy) is 3.